The molecule has 9 nitrogen and oxygen atoms in total. The van der Waals surface area contributed by atoms with E-state index in [1.807, 2.05) is 0 Å². The first-order valence-corrected chi connectivity index (χ1v) is 9.03. The fourth-order valence-corrected chi connectivity index (χ4v) is 3.26. The van der Waals surface area contributed by atoms with Crippen molar-refractivity contribution in [3.05, 3.63) is 41.5 Å². The molecule has 1 N–H and O–H groups in total. The molecule has 0 aromatic heterocycles. The Labute approximate surface area is 173 Å². The van der Waals surface area contributed by atoms with Crippen molar-refractivity contribution in [2.75, 3.05) is 45.2 Å². The first-order chi connectivity index (χ1) is 14.4. The van der Waals surface area contributed by atoms with Crippen molar-refractivity contribution in [1.29, 1.82) is 0 Å². The van der Waals surface area contributed by atoms with Crippen molar-refractivity contribution in [3.8, 4) is 17.2 Å². The number of carbonyl (C=O) groups excluding carboxylic acids is 3. The third kappa shape index (κ3) is 4.00. The number of amides is 2. The summed E-state index contributed by atoms with van der Waals surface area (Å²) in [7, 11) is 5.75. The number of esters is 1. The van der Waals surface area contributed by atoms with Crippen LogP contribution in [0.5, 0.6) is 17.2 Å². The maximum absolute atomic E-state index is 13.0. The molecule has 0 saturated heterocycles. The van der Waals surface area contributed by atoms with Gasteiger partial charge in [0.2, 0.25) is 17.6 Å². The van der Waals surface area contributed by atoms with Crippen LogP contribution in [0.15, 0.2) is 30.3 Å². The van der Waals surface area contributed by atoms with E-state index < -0.39 is 5.97 Å². The van der Waals surface area contributed by atoms with Gasteiger partial charge in [0.05, 0.1) is 51.8 Å². The highest BCUT2D eigenvalue weighted by Gasteiger charge is 2.28. The molecule has 0 unspecified atom stereocenters. The van der Waals surface area contributed by atoms with Crippen LogP contribution in [0.4, 0.5) is 11.4 Å². The van der Waals surface area contributed by atoms with Crippen LogP contribution < -0.4 is 24.4 Å². The highest BCUT2D eigenvalue weighted by Crippen LogP contribution is 2.39. The largest absolute Gasteiger partial charge is 0.493 e. The summed E-state index contributed by atoms with van der Waals surface area (Å²) < 4.78 is 20.7. The second-order valence-electron chi connectivity index (χ2n) is 6.46. The van der Waals surface area contributed by atoms with E-state index in [4.69, 9.17) is 18.9 Å². The smallest absolute Gasteiger partial charge is 0.337 e. The van der Waals surface area contributed by atoms with Crippen molar-refractivity contribution in [3.63, 3.8) is 0 Å². The van der Waals surface area contributed by atoms with Gasteiger partial charge in [0, 0.05) is 0 Å². The van der Waals surface area contributed by atoms with Gasteiger partial charge in [-0.2, -0.15) is 0 Å². The van der Waals surface area contributed by atoms with Gasteiger partial charge in [-0.05, 0) is 35.9 Å². The number of rotatable bonds is 6. The van der Waals surface area contributed by atoms with Crippen molar-refractivity contribution in [1.82, 2.24) is 0 Å². The zero-order valence-electron chi connectivity index (χ0n) is 17.1. The Morgan fingerprint density at radius 2 is 1.67 bits per heavy atom. The number of benzene rings is 2. The Morgan fingerprint density at radius 1 is 1.00 bits per heavy atom. The molecule has 1 aliphatic rings. The second kappa shape index (κ2) is 8.73. The number of fused-ring (bicyclic) bond motifs is 1. The molecule has 2 amide bonds. The summed E-state index contributed by atoms with van der Waals surface area (Å²) >= 11 is 0. The lowest BCUT2D eigenvalue weighted by Crippen LogP contribution is -2.43. The van der Waals surface area contributed by atoms with E-state index in [2.05, 4.69) is 5.32 Å². The van der Waals surface area contributed by atoms with Crippen LogP contribution in [0, 0.1) is 0 Å². The maximum Gasteiger partial charge on any atom is 0.337 e. The molecule has 3 rings (SSSR count). The number of anilines is 2. The molecule has 1 heterocycles. The number of ether oxygens (including phenoxy) is 4. The van der Waals surface area contributed by atoms with Crippen LogP contribution in [-0.2, 0) is 20.7 Å². The van der Waals surface area contributed by atoms with Gasteiger partial charge in [0.25, 0.3) is 0 Å². The van der Waals surface area contributed by atoms with Crippen LogP contribution in [0.2, 0.25) is 0 Å². The molecule has 0 aliphatic carbocycles. The zero-order chi connectivity index (χ0) is 21.8. The fraction of sp³-hybridized carbons (Fsp3) is 0.286. The number of hydrogen-bond acceptors (Lipinski definition) is 7. The third-order valence-corrected chi connectivity index (χ3v) is 4.67. The summed E-state index contributed by atoms with van der Waals surface area (Å²) in [5.41, 5.74) is 1.77. The summed E-state index contributed by atoms with van der Waals surface area (Å²) in [4.78, 5) is 38.3. The van der Waals surface area contributed by atoms with Gasteiger partial charge >= 0.3 is 5.97 Å². The molecule has 158 valence electrons. The Balaban J connectivity index is 1.91. The van der Waals surface area contributed by atoms with E-state index in [0.717, 1.165) is 0 Å². The molecule has 0 fully saturated rings. The van der Waals surface area contributed by atoms with Gasteiger partial charge in [-0.25, -0.2) is 4.79 Å². The normalized spacial score (nSPS) is 12.5. The van der Waals surface area contributed by atoms with E-state index in [1.54, 1.807) is 24.3 Å². The van der Waals surface area contributed by atoms with Crippen molar-refractivity contribution in [2.24, 2.45) is 0 Å². The van der Waals surface area contributed by atoms with Crippen LogP contribution in [0.1, 0.15) is 15.9 Å². The lowest BCUT2D eigenvalue weighted by Gasteiger charge is -2.29. The maximum atomic E-state index is 13.0. The standard InChI is InChI=1S/C21H22N2O7/c1-27-16-7-12(8-17(28-2)20(16)29-3)9-19(25)23-11-18(24)22-14-10-13(21(26)30-4)5-6-15(14)23/h5-8,10H,9,11H2,1-4H3,(H,22,24). The predicted octanol–water partition coefficient (Wildman–Crippen LogP) is 2.03. The average molecular weight is 414 g/mol. The number of hydrogen-bond donors (Lipinski definition) is 1. The van der Waals surface area contributed by atoms with E-state index in [9.17, 15) is 14.4 Å². The Morgan fingerprint density at radius 3 is 2.23 bits per heavy atom. The molecule has 0 bridgehead atoms. The number of methoxy groups -OCH3 is 4. The number of nitrogens with zero attached hydrogens (tertiary/aromatic N) is 1. The van der Waals surface area contributed by atoms with Gasteiger partial charge in [-0.1, -0.05) is 0 Å². The SMILES string of the molecule is COC(=O)c1ccc2c(c1)NC(=O)CN2C(=O)Cc1cc(OC)c(OC)c(OC)c1. The molecular weight excluding hydrogens is 392 g/mol. The quantitative estimate of drug-likeness (QED) is 0.722. The van der Waals surface area contributed by atoms with Gasteiger partial charge in [-0.3, -0.25) is 9.59 Å². The minimum atomic E-state index is -0.534. The monoisotopic (exact) mass is 414 g/mol. The van der Waals surface area contributed by atoms with Crippen molar-refractivity contribution < 1.29 is 33.3 Å². The lowest BCUT2D eigenvalue weighted by molar-refractivity contribution is -0.121. The summed E-state index contributed by atoms with van der Waals surface area (Å²) in [5.74, 6) is 0.0921. The van der Waals surface area contributed by atoms with E-state index in [1.165, 1.54) is 39.4 Å². The van der Waals surface area contributed by atoms with Crippen LogP contribution >= 0.6 is 0 Å². The topological polar surface area (TPSA) is 103 Å². The second-order valence-corrected chi connectivity index (χ2v) is 6.46. The number of carbonyl (C=O) groups is 3. The first kappa shape index (κ1) is 21.0. The molecule has 9 heteroatoms. The van der Waals surface area contributed by atoms with Gasteiger partial charge < -0.3 is 29.2 Å². The van der Waals surface area contributed by atoms with E-state index in [0.29, 0.717) is 34.2 Å². The van der Waals surface area contributed by atoms with E-state index >= 15 is 0 Å². The average Bonchev–Trinajstić information content (AvgIpc) is 2.76. The highest BCUT2D eigenvalue weighted by atomic mass is 16.5. The van der Waals surface area contributed by atoms with Crippen LogP contribution in [0.25, 0.3) is 0 Å². The molecule has 0 spiro atoms. The fourth-order valence-electron chi connectivity index (χ4n) is 3.26. The summed E-state index contributed by atoms with van der Waals surface area (Å²) in [6, 6.07) is 8.00. The molecule has 2 aromatic carbocycles. The van der Waals surface area contributed by atoms with Crippen LogP contribution in [-0.4, -0.2) is 52.8 Å². The lowest BCUT2D eigenvalue weighted by atomic mass is 10.1. The first-order valence-electron chi connectivity index (χ1n) is 9.03. The Kier molecular flexibility index (Phi) is 6.10. The van der Waals surface area contributed by atoms with Crippen molar-refractivity contribution >= 4 is 29.2 Å². The predicted molar refractivity (Wildman–Crippen MR) is 109 cm³/mol. The van der Waals surface area contributed by atoms with E-state index in [-0.39, 0.29) is 30.3 Å². The summed E-state index contributed by atoms with van der Waals surface area (Å²) in [6.45, 7) is -0.131. The van der Waals surface area contributed by atoms with Crippen LogP contribution in [0.3, 0.4) is 0 Å². The summed E-state index contributed by atoms with van der Waals surface area (Å²) in [5, 5.41) is 2.68. The minimum Gasteiger partial charge on any atom is -0.493 e. The Hall–Kier alpha value is -3.75. The minimum absolute atomic E-state index is 0.00217. The molecule has 2 aromatic rings. The molecule has 0 atom stereocenters. The molecule has 0 radical (unpaired) electrons. The Bertz CT molecular complexity index is 978. The van der Waals surface area contributed by atoms with Gasteiger partial charge in [0.1, 0.15) is 6.54 Å². The summed E-state index contributed by atoms with van der Waals surface area (Å²) in [6.07, 6.45) is 0.00217. The van der Waals surface area contributed by atoms with Gasteiger partial charge in [0.15, 0.2) is 11.5 Å². The third-order valence-electron chi connectivity index (χ3n) is 4.67. The molecule has 1 aliphatic heterocycles. The zero-order valence-corrected chi connectivity index (χ0v) is 17.1. The van der Waals surface area contributed by atoms with Gasteiger partial charge in [-0.15, -0.1) is 0 Å². The van der Waals surface area contributed by atoms with Crippen molar-refractivity contribution in [2.45, 2.75) is 6.42 Å². The molecule has 0 saturated carbocycles. The highest BCUT2D eigenvalue weighted by molar-refractivity contribution is 6.11. The molecule has 30 heavy (non-hydrogen) atoms. The molecular formula is C21H22N2O7. The number of nitrogens with one attached hydrogen (secondary N) is 1.